The second kappa shape index (κ2) is 34.7. The molecule has 1 nitrogen and oxygen atoms in total. The third-order valence-electron chi connectivity index (χ3n) is 7.56. The van der Waals surface area contributed by atoms with Gasteiger partial charge in [0.05, 0.1) is 0 Å². The molecule has 0 aromatic heterocycles. The average Bonchev–Trinajstić information content (AvgIpc) is 2.94. The Kier molecular flexibility index (Phi) is 33.4. The van der Waals surface area contributed by atoms with Crippen LogP contribution in [0.25, 0.3) is 0 Å². The maximum Gasteiger partial charge on any atom is 0.132 e. The number of ketones is 1. The van der Waals surface area contributed by atoms with Gasteiger partial charge in [-0.25, -0.2) is 0 Å². The lowest BCUT2D eigenvalue weighted by Gasteiger charge is -2.03. The van der Waals surface area contributed by atoms with Crippen molar-refractivity contribution in [2.24, 2.45) is 0 Å². The number of hydrogen-bond acceptors (Lipinski definition) is 1. The van der Waals surface area contributed by atoms with Gasteiger partial charge in [0.25, 0.3) is 0 Å². The van der Waals surface area contributed by atoms with E-state index in [-0.39, 0.29) is 0 Å². The highest BCUT2D eigenvalue weighted by molar-refractivity contribution is 5.78. The lowest BCUT2D eigenvalue weighted by molar-refractivity contribution is -0.119. The number of rotatable bonds is 31. The molecule has 39 heavy (non-hydrogen) atoms. The molecule has 0 N–H and O–H groups in total. The molecule has 0 amide bonds. The lowest BCUT2D eigenvalue weighted by atomic mass is 10.0. The maximum absolute atomic E-state index is 12.1. The summed E-state index contributed by atoms with van der Waals surface area (Å²) in [5, 5.41) is 0. The standard InChI is InChI=1S/C38H68O/c1-3-5-7-9-11-13-15-17-19-21-23-25-27-29-31-33-35-37-38(39)36-34-32-30-28-26-24-22-20-18-16-14-12-10-8-6-4-2/h11-14,17-20H,3-10,15-16,21-37H2,1-2H3/b13-11-,14-12-,19-17-,20-18-. The van der Waals surface area contributed by atoms with Gasteiger partial charge >= 0.3 is 0 Å². The first-order valence-corrected chi connectivity index (χ1v) is 17.4. The molecule has 1 heteroatoms. The van der Waals surface area contributed by atoms with Crippen molar-refractivity contribution in [1.82, 2.24) is 0 Å². The Morgan fingerprint density at radius 1 is 0.359 bits per heavy atom. The zero-order chi connectivity index (χ0) is 28.3. The van der Waals surface area contributed by atoms with Gasteiger partial charge in [-0.15, -0.1) is 0 Å². The van der Waals surface area contributed by atoms with Crippen LogP contribution < -0.4 is 0 Å². The molecule has 0 unspecified atom stereocenters. The summed E-state index contributed by atoms with van der Waals surface area (Å²) in [6, 6.07) is 0. The van der Waals surface area contributed by atoms with Gasteiger partial charge in [-0.3, -0.25) is 4.79 Å². The van der Waals surface area contributed by atoms with Gasteiger partial charge in [-0.1, -0.05) is 146 Å². The molecule has 0 aromatic rings. The van der Waals surface area contributed by atoms with Crippen LogP contribution in [0.4, 0.5) is 0 Å². The molecule has 0 rings (SSSR count). The molecule has 0 spiro atoms. The molecular formula is C38H68O. The number of carbonyl (C=O) groups is 1. The summed E-state index contributed by atoms with van der Waals surface area (Å²) in [5.41, 5.74) is 0. The van der Waals surface area contributed by atoms with Crippen LogP contribution in [0.3, 0.4) is 0 Å². The normalized spacial score (nSPS) is 12.3. The Morgan fingerprint density at radius 3 is 0.974 bits per heavy atom. The first-order chi connectivity index (χ1) is 19.3. The Balaban J connectivity index is 3.29. The zero-order valence-electron chi connectivity index (χ0n) is 26.6. The molecule has 0 atom stereocenters. The van der Waals surface area contributed by atoms with E-state index < -0.39 is 0 Å². The Hall–Kier alpha value is -1.37. The van der Waals surface area contributed by atoms with E-state index in [0.29, 0.717) is 5.78 Å². The molecule has 0 heterocycles. The monoisotopic (exact) mass is 541 g/mol. The van der Waals surface area contributed by atoms with Gasteiger partial charge in [-0.2, -0.15) is 0 Å². The summed E-state index contributed by atoms with van der Waals surface area (Å²) < 4.78 is 0. The molecule has 226 valence electrons. The van der Waals surface area contributed by atoms with Crippen LogP contribution in [-0.4, -0.2) is 5.78 Å². The van der Waals surface area contributed by atoms with Gasteiger partial charge in [0.1, 0.15) is 5.78 Å². The quantitative estimate of drug-likeness (QED) is 0.0631. The number of allylic oxidation sites excluding steroid dienone is 8. The summed E-state index contributed by atoms with van der Waals surface area (Å²) in [7, 11) is 0. The van der Waals surface area contributed by atoms with Crippen LogP contribution in [0.5, 0.6) is 0 Å². The molecule has 0 fully saturated rings. The average molecular weight is 541 g/mol. The number of hydrogen-bond donors (Lipinski definition) is 0. The van der Waals surface area contributed by atoms with Crippen LogP contribution in [0.2, 0.25) is 0 Å². The summed E-state index contributed by atoms with van der Waals surface area (Å²) in [6.07, 6.45) is 52.0. The Bertz CT molecular complexity index is 594. The minimum atomic E-state index is 0.502. The van der Waals surface area contributed by atoms with E-state index in [1.54, 1.807) is 0 Å². The van der Waals surface area contributed by atoms with E-state index in [9.17, 15) is 4.79 Å². The first-order valence-electron chi connectivity index (χ1n) is 17.4. The molecule has 0 aliphatic rings. The summed E-state index contributed by atoms with van der Waals surface area (Å²) in [4.78, 5) is 12.1. The SMILES string of the molecule is CCCCC/C=C\C/C=C\CCCCCCCCCC(=O)CCCCCCCC/C=C\C/C=C\CCCCC. The van der Waals surface area contributed by atoms with Crippen LogP contribution in [0.15, 0.2) is 48.6 Å². The minimum Gasteiger partial charge on any atom is -0.300 e. The fourth-order valence-corrected chi connectivity index (χ4v) is 4.92. The molecule has 0 aliphatic carbocycles. The number of carbonyl (C=O) groups excluding carboxylic acids is 1. The van der Waals surface area contributed by atoms with E-state index in [1.807, 2.05) is 0 Å². The lowest BCUT2D eigenvalue weighted by Crippen LogP contribution is -1.97. The van der Waals surface area contributed by atoms with Crippen LogP contribution in [-0.2, 0) is 4.79 Å². The summed E-state index contributed by atoms with van der Waals surface area (Å²) in [5.74, 6) is 0.502. The molecule has 0 saturated carbocycles. The van der Waals surface area contributed by atoms with Crippen molar-refractivity contribution in [3.63, 3.8) is 0 Å². The second-order valence-corrected chi connectivity index (χ2v) is 11.6. The molecular weight excluding hydrogens is 472 g/mol. The summed E-state index contributed by atoms with van der Waals surface area (Å²) in [6.45, 7) is 4.52. The minimum absolute atomic E-state index is 0.502. The first kappa shape index (κ1) is 37.6. The Labute approximate surface area is 246 Å². The highest BCUT2D eigenvalue weighted by Crippen LogP contribution is 2.13. The van der Waals surface area contributed by atoms with Crippen molar-refractivity contribution in [1.29, 1.82) is 0 Å². The largest absolute Gasteiger partial charge is 0.300 e. The molecule has 0 aromatic carbocycles. The van der Waals surface area contributed by atoms with Crippen LogP contribution >= 0.6 is 0 Å². The third-order valence-corrected chi connectivity index (χ3v) is 7.56. The van der Waals surface area contributed by atoms with E-state index in [0.717, 1.165) is 38.5 Å². The molecule has 0 radical (unpaired) electrons. The van der Waals surface area contributed by atoms with Crippen molar-refractivity contribution in [2.75, 3.05) is 0 Å². The second-order valence-electron chi connectivity index (χ2n) is 11.6. The predicted molar refractivity (Wildman–Crippen MR) is 178 cm³/mol. The molecule has 0 saturated heterocycles. The van der Waals surface area contributed by atoms with Gasteiger partial charge in [0, 0.05) is 12.8 Å². The van der Waals surface area contributed by atoms with Crippen molar-refractivity contribution in [3.05, 3.63) is 48.6 Å². The van der Waals surface area contributed by atoms with Gasteiger partial charge in [0.15, 0.2) is 0 Å². The fraction of sp³-hybridized carbons (Fsp3) is 0.763. The third kappa shape index (κ3) is 34.6. The van der Waals surface area contributed by atoms with Crippen molar-refractivity contribution in [2.45, 2.75) is 187 Å². The molecule has 0 bridgehead atoms. The highest BCUT2D eigenvalue weighted by Gasteiger charge is 2.02. The van der Waals surface area contributed by atoms with Gasteiger partial charge in [-0.05, 0) is 77.0 Å². The van der Waals surface area contributed by atoms with Gasteiger partial charge < -0.3 is 0 Å². The van der Waals surface area contributed by atoms with Crippen molar-refractivity contribution in [3.8, 4) is 0 Å². The van der Waals surface area contributed by atoms with Gasteiger partial charge in [0.2, 0.25) is 0 Å². The Morgan fingerprint density at radius 2 is 0.641 bits per heavy atom. The smallest absolute Gasteiger partial charge is 0.132 e. The highest BCUT2D eigenvalue weighted by atomic mass is 16.1. The number of Topliss-reactive ketones (excluding diaryl/α,β-unsaturated/α-hetero) is 1. The fourth-order valence-electron chi connectivity index (χ4n) is 4.92. The maximum atomic E-state index is 12.1. The van der Waals surface area contributed by atoms with Crippen LogP contribution in [0.1, 0.15) is 187 Å². The van der Waals surface area contributed by atoms with Crippen molar-refractivity contribution >= 4 is 5.78 Å². The number of unbranched alkanes of at least 4 members (excludes halogenated alkanes) is 19. The van der Waals surface area contributed by atoms with E-state index in [2.05, 4.69) is 62.5 Å². The van der Waals surface area contributed by atoms with E-state index in [4.69, 9.17) is 0 Å². The van der Waals surface area contributed by atoms with Crippen LogP contribution in [0, 0.1) is 0 Å². The predicted octanol–water partition coefficient (Wildman–Crippen LogP) is 13.4. The topological polar surface area (TPSA) is 17.1 Å². The zero-order valence-corrected chi connectivity index (χ0v) is 26.6. The van der Waals surface area contributed by atoms with E-state index in [1.165, 1.54) is 135 Å². The molecule has 0 aliphatic heterocycles. The summed E-state index contributed by atoms with van der Waals surface area (Å²) >= 11 is 0. The van der Waals surface area contributed by atoms with Crippen molar-refractivity contribution < 1.29 is 4.79 Å². The van der Waals surface area contributed by atoms with E-state index >= 15 is 0 Å².